The topological polar surface area (TPSA) is 51.2 Å². The minimum atomic E-state index is -0.763. The van der Waals surface area contributed by atoms with E-state index in [4.69, 9.17) is 16.3 Å². The van der Waals surface area contributed by atoms with Crippen LogP contribution in [-0.4, -0.2) is 16.7 Å². The van der Waals surface area contributed by atoms with Gasteiger partial charge in [-0.2, -0.15) is 0 Å². The van der Waals surface area contributed by atoms with Gasteiger partial charge in [0, 0.05) is 6.20 Å². The third-order valence-corrected chi connectivity index (χ3v) is 1.63. The average Bonchev–Trinajstić information content (AvgIpc) is 2.06. The minimum absolute atomic E-state index is 0.159. The largest absolute Gasteiger partial charge is 0.444 e. The molecule has 88 valence electrons. The van der Waals surface area contributed by atoms with Crippen molar-refractivity contribution in [1.82, 2.24) is 4.98 Å². The molecule has 1 aromatic rings. The van der Waals surface area contributed by atoms with Crippen molar-refractivity contribution in [2.75, 3.05) is 5.32 Å². The van der Waals surface area contributed by atoms with Crippen molar-refractivity contribution < 1.29 is 13.9 Å². The molecule has 0 spiro atoms. The fraction of sp³-hybridized carbons (Fsp3) is 0.400. The summed E-state index contributed by atoms with van der Waals surface area (Å²) in [5, 5.41) is 2.35. The van der Waals surface area contributed by atoms with Gasteiger partial charge in [0.15, 0.2) is 11.6 Å². The van der Waals surface area contributed by atoms with Gasteiger partial charge in [0.2, 0.25) is 0 Å². The van der Waals surface area contributed by atoms with Crippen LogP contribution in [0.5, 0.6) is 0 Å². The number of hydrogen-bond donors (Lipinski definition) is 1. The number of halogens is 2. The van der Waals surface area contributed by atoms with Crippen molar-refractivity contribution >= 4 is 23.5 Å². The van der Waals surface area contributed by atoms with Crippen LogP contribution in [0.2, 0.25) is 5.02 Å². The first-order valence-corrected chi connectivity index (χ1v) is 4.97. The number of aromatic nitrogens is 1. The zero-order valence-corrected chi connectivity index (χ0v) is 9.93. The van der Waals surface area contributed by atoms with Gasteiger partial charge in [0.1, 0.15) is 5.60 Å². The quantitative estimate of drug-likeness (QED) is 0.828. The number of nitrogens with zero attached hydrogens (tertiary/aromatic N) is 1. The van der Waals surface area contributed by atoms with Crippen LogP contribution < -0.4 is 5.32 Å². The maximum atomic E-state index is 13.2. The third kappa shape index (κ3) is 4.02. The maximum Gasteiger partial charge on any atom is 0.413 e. The lowest BCUT2D eigenvalue weighted by Gasteiger charge is -2.19. The van der Waals surface area contributed by atoms with Crippen molar-refractivity contribution in [3.8, 4) is 0 Å². The molecule has 1 amide bonds. The Kier molecular flexibility index (Phi) is 3.70. The number of nitrogens with one attached hydrogen (secondary N) is 1. The van der Waals surface area contributed by atoms with Gasteiger partial charge in [-0.05, 0) is 26.8 Å². The molecule has 0 unspecified atom stereocenters. The first-order chi connectivity index (χ1) is 7.28. The molecule has 0 atom stereocenters. The zero-order valence-electron chi connectivity index (χ0n) is 9.17. The van der Waals surface area contributed by atoms with E-state index in [-0.39, 0.29) is 10.8 Å². The van der Waals surface area contributed by atoms with Gasteiger partial charge < -0.3 is 4.74 Å². The first kappa shape index (κ1) is 12.7. The highest BCUT2D eigenvalue weighted by atomic mass is 35.5. The van der Waals surface area contributed by atoms with Gasteiger partial charge in [0.05, 0.1) is 5.02 Å². The first-order valence-electron chi connectivity index (χ1n) is 4.59. The van der Waals surface area contributed by atoms with Crippen molar-refractivity contribution in [2.45, 2.75) is 26.4 Å². The average molecular weight is 247 g/mol. The van der Waals surface area contributed by atoms with Crippen LogP contribution in [0.3, 0.4) is 0 Å². The molecule has 1 heterocycles. The van der Waals surface area contributed by atoms with Crippen LogP contribution in [0.4, 0.5) is 15.0 Å². The van der Waals surface area contributed by atoms with Gasteiger partial charge in [0.25, 0.3) is 0 Å². The van der Waals surface area contributed by atoms with E-state index in [1.54, 1.807) is 20.8 Å². The SMILES string of the molecule is CC(C)(C)OC(=O)Nc1ncc(Cl)cc1F. The van der Waals surface area contributed by atoms with Crippen molar-refractivity contribution in [3.05, 3.63) is 23.1 Å². The summed E-state index contributed by atoms with van der Waals surface area (Å²) in [7, 11) is 0. The molecule has 0 fully saturated rings. The lowest BCUT2D eigenvalue weighted by molar-refractivity contribution is 0.0634. The van der Waals surface area contributed by atoms with Crippen LogP contribution in [0.25, 0.3) is 0 Å². The molecule has 0 saturated heterocycles. The molecule has 6 heteroatoms. The molecule has 1 aromatic heterocycles. The van der Waals surface area contributed by atoms with E-state index in [9.17, 15) is 9.18 Å². The molecule has 0 aromatic carbocycles. The number of anilines is 1. The highest BCUT2D eigenvalue weighted by Gasteiger charge is 2.17. The lowest BCUT2D eigenvalue weighted by atomic mass is 10.2. The Morgan fingerprint density at radius 1 is 1.56 bits per heavy atom. The summed E-state index contributed by atoms with van der Waals surface area (Å²) in [4.78, 5) is 14.9. The summed E-state index contributed by atoms with van der Waals surface area (Å²) in [6.45, 7) is 5.12. The fourth-order valence-corrected chi connectivity index (χ4v) is 1.05. The highest BCUT2D eigenvalue weighted by molar-refractivity contribution is 6.30. The monoisotopic (exact) mass is 246 g/mol. The Labute approximate surface area is 97.8 Å². The predicted octanol–water partition coefficient (Wildman–Crippen LogP) is 3.22. The van der Waals surface area contributed by atoms with Crippen molar-refractivity contribution in [3.63, 3.8) is 0 Å². The molecule has 4 nitrogen and oxygen atoms in total. The molecule has 0 bridgehead atoms. The van der Waals surface area contributed by atoms with Crippen LogP contribution in [0.15, 0.2) is 12.3 Å². The summed E-state index contributed by atoms with van der Waals surface area (Å²) in [6.07, 6.45) is 0.471. The van der Waals surface area contributed by atoms with E-state index in [0.717, 1.165) is 6.07 Å². The van der Waals surface area contributed by atoms with Gasteiger partial charge in [-0.1, -0.05) is 11.6 Å². The standard InChI is InChI=1S/C10H12ClFN2O2/c1-10(2,3)16-9(15)14-8-7(12)4-6(11)5-13-8/h4-5H,1-3H3,(H,13,14,15). The highest BCUT2D eigenvalue weighted by Crippen LogP contribution is 2.16. The molecule has 0 aliphatic heterocycles. The molecule has 1 N–H and O–H groups in total. The van der Waals surface area contributed by atoms with Crippen molar-refractivity contribution in [2.24, 2.45) is 0 Å². The number of ether oxygens (including phenoxy) is 1. The van der Waals surface area contributed by atoms with E-state index in [2.05, 4.69) is 10.3 Å². The van der Waals surface area contributed by atoms with Gasteiger partial charge in [-0.15, -0.1) is 0 Å². The van der Waals surface area contributed by atoms with Crippen LogP contribution >= 0.6 is 11.6 Å². The Balaban J connectivity index is 2.70. The second kappa shape index (κ2) is 4.65. The number of pyridine rings is 1. The normalized spacial score (nSPS) is 11.1. The number of hydrogen-bond acceptors (Lipinski definition) is 3. The molecule has 1 rings (SSSR count). The number of carbonyl (C=O) groups excluding carboxylic acids is 1. The summed E-state index contributed by atoms with van der Waals surface area (Å²) in [6, 6.07) is 1.06. The molecule has 0 saturated carbocycles. The van der Waals surface area contributed by atoms with E-state index in [0.29, 0.717) is 0 Å². The van der Waals surface area contributed by atoms with Gasteiger partial charge >= 0.3 is 6.09 Å². The maximum absolute atomic E-state index is 13.2. The predicted molar refractivity (Wildman–Crippen MR) is 59.1 cm³/mol. The third-order valence-electron chi connectivity index (χ3n) is 1.43. The van der Waals surface area contributed by atoms with Crippen LogP contribution in [0, 0.1) is 5.82 Å². The van der Waals surface area contributed by atoms with Crippen molar-refractivity contribution in [1.29, 1.82) is 0 Å². The summed E-state index contributed by atoms with van der Waals surface area (Å²) >= 11 is 5.51. The van der Waals surface area contributed by atoms with Crippen LogP contribution in [0.1, 0.15) is 20.8 Å². The van der Waals surface area contributed by atoms with Gasteiger partial charge in [-0.3, -0.25) is 5.32 Å². The molecule has 0 aliphatic rings. The Morgan fingerprint density at radius 2 is 2.19 bits per heavy atom. The summed E-state index contributed by atoms with van der Waals surface area (Å²) < 4.78 is 18.2. The number of amides is 1. The second-order valence-corrected chi connectivity index (χ2v) is 4.55. The summed E-state index contributed by atoms with van der Waals surface area (Å²) in [5.74, 6) is -0.919. The zero-order chi connectivity index (χ0) is 12.3. The number of carbonyl (C=O) groups is 1. The molecule has 0 radical (unpaired) electrons. The van der Waals surface area contributed by atoms with E-state index >= 15 is 0 Å². The molecule has 16 heavy (non-hydrogen) atoms. The van der Waals surface area contributed by atoms with Crippen LogP contribution in [-0.2, 0) is 4.74 Å². The van der Waals surface area contributed by atoms with Gasteiger partial charge in [-0.25, -0.2) is 14.2 Å². The van der Waals surface area contributed by atoms with E-state index in [1.807, 2.05) is 0 Å². The molecular weight excluding hydrogens is 235 g/mol. The fourth-order valence-electron chi connectivity index (χ4n) is 0.907. The minimum Gasteiger partial charge on any atom is -0.444 e. The Hall–Kier alpha value is -1.36. The molecule has 0 aliphatic carbocycles. The van der Waals surface area contributed by atoms with E-state index in [1.165, 1.54) is 6.20 Å². The Bertz CT molecular complexity index is 404. The number of rotatable bonds is 1. The summed E-state index contributed by atoms with van der Waals surface area (Å²) in [5.41, 5.74) is -0.646. The lowest BCUT2D eigenvalue weighted by Crippen LogP contribution is -2.27. The smallest absolute Gasteiger partial charge is 0.413 e. The van der Waals surface area contributed by atoms with E-state index < -0.39 is 17.5 Å². The second-order valence-electron chi connectivity index (χ2n) is 4.11. The Morgan fingerprint density at radius 3 is 2.69 bits per heavy atom. The molecular formula is C10H12ClFN2O2.